The summed E-state index contributed by atoms with van der Waals surface area (Å²) >= 11 is 5.89. The van der Waals surface area contributed by atoms with Crippen LogP contribution in [0.3, 0.4) is 0 Å². The summed E-state index contributed by atoms with van der Waals surface area (Å²) < 4.78 is 53.6. The van der Waals surface area contributed by atoms with Crippen molar-refractivity contribution in [1.82, 2.24) is 9.97 Å². The van der Waals surface area contributed by atoms with E-state index >= 15 is 0 Å². The number of amides is 1. The number of benzene rings is 1. The SMILES string of the molecule is CC(Nc1nccc(N2C(=O)OC[C@@H]2C(C)OC(C)(C)C)n1)C1CCN(c2ccc(Cl)c(OC(F)(F)F)c2)CC1. The number of piperidine rings is 1. The summed E-state index contributed by atoms with van der Waals surface area (Å²) in [6.45, 7) is 11.3. The largest absolute Gasteiger partial charge is 0.573 e. The van der Waals surface area contributed by atoms with Gasteiger partial charge in [0, 0.05) is 37.1 Å². The summed E-state index contributed by atoms with van der Waals surface area (Å²) in [4.78, 5) is 25.1. The van der Waals surface area contributed by atoms with Gasteiger partial charge in [0.25, 0.3) is 0 Å². The summed E-state index contributed by atoms with van der Waals surface area (Å²) in [5.41, 5.74) is 0.239. The van der Waals surface area contributed by atoms with Crippen LogP contribution in [-0.2, 0) is 9.47 Å². The van der Waals surface area contributed by atoms with E-state index in [-0.39, 0.29) is 41.3 Å². The fourth-order valence-electron chi connectivity index (χ4n) is 5.10. The molecule has 13 heteroatoms. The van der Waals surface area contributed by atoms with E-state index in [1.807, 2.05) is 39.5 Å². The van der Waals surface area contributed by atoms with E-state index in [2.05, 4.69) is 20.0 Å². The number of anilines is 3. The molecule has 0 spiro atoms. The Morgan fingerprint density at radius 3 is 2.50 bits per heavy atom. The lowest BCUT2D eigenvalue weighted by molar-refractivity contribution is -0.274. The number of carbonyl (C=O) groups is 1. The van der Waals surface area contributed by atoms with Gasteiger partial charge < -0.3 is 24.4 Å². The molecule has 0 aliphatic carbocycles. The third-order valence-electron chi connectivity index (χ3n) is 6.98. The Morgan fingerprint density at radius 2 is 1.85 bits per heavy atom. The first kappa shape index (κ1) is 30.0. The quantitative estimate of drug-likeness (QED) is 0.387. The Labute approximate surface area is 236 Å². The second-order valence-electron chi connectivity index (χ2n) is 11.1. The first-order valence-corrected chi connectivity index (χ1v) is 13.6. The molecular formula is C27H35ClF3N5O4. The fraction of sp³-hybridized carbons (Fsp3) is 0.593. The molecule has 0 saturated carbocycles. The van der Waals surface area contributed by atoms with Crippen LogP contribution in [0.1, 0.15) is 47.5 Å². The average Bonchev–Trinajstić information content (AvgIpc) is 3.25. The van der Waals surface area contributed by atoms with Gasteiger partial charge in [0.2, 0.25) is 5.95 Å². The molecular weight excluding hydrogens is 551 g/mol. The van der Waals surface area contributed by atoms with Crippen molar-refractivity contribution in [2.45, 2.75) is 77.6 Å². The maximum absolute atomic E-state index is 12.7. The number of carbonyl (C=O) groups excluding carboxylic acids is 1. The van der Waals surface area contributed by atoms with Crippen LogP contribution in [0, 0.1) is 5.92 Å². The van der Waals surface area contributed by atoms with E-state index < -0.39 is 18.2 Å². The highest BCUT2D eigenvalue weighted by molar-refractivity contribution is 6.32. The Morgan fingerprint density at radius 1 is 1.15 bits per heavy atom. The van der Waals surface area contributed by atoms with Crippen molar-refractivity contribution in [3.63, 3.8) is 0 Å². The second-order valence-corrected chi connectivity index (χ2v) is 11.5. The van der Waals surface area contributed by atoms with Gasteiger partial charge in [-0.15, -0.1) is 13.2 Å². The summed E-state index contributed by atoms with van der Waals surface area (Å²) in [6, 6.07) is 5.77. The lowest BCUT2D eigenvalue weighted by Crippen LogP contribution is -2.45. The summed E-state index contributed by atoms with van der Waals surface area (Å²) in [7, 11) is 0. The molecule has 220 valence electrons. The predicted molar refractivity (Wildman–Crippen MR) is 146 cm³/mol. The van der Waals surface area contributed by atoms with Crippen molar-refractivity contribution in [3.05, 3.63) is 35.5 Å². The van der Waals surface area contributed by atoms with E-state index in [1.54, 1.807) is 18.3 Å². The summed E-state index contributed by atoms with van der Waals surface area (Å²) in [5.74, 6) is 0.675. The lowest BCUT2D eigenvalue weighted by Gasteiger charge is -2.36. The molecule has 4 rings (SSSR count). The monoisotopic (exact) mass is 585 g/mol. The highest BCUT2D eigenvalue weighted by Gasteiger charge is 2.40. The Bertz CT molecular complexity index is 1190. The van der Waals surface area contributed by atoms with Crippen molar-refractivity contribution in [2.75, 3.05) is 34.8 Å². The second kappa shape index (κ2) is 11.9. The molecule has 2 fully saturated rings. The molecule has 3 heterocycles. The maximum atomic E-state index is 12.7. The molecule has 2 saturated heterocycles. The van der Waals surface area contributed by atoms with Crippen LogP contribution in [0.2, 0.25) is 5.02 Å². The van der Waals surface area contributed by atoms with Crippen LogP contribution in [0.5, 0.6) is 5.75 Å². The van der Waals surface area contributed by atoms with Crippen molar-refractivity contribution in [3.8, 4) is 5.75 Å². The Balaban J connectivity index is 1.37. The molecule has 2 aromatic rings. The van der Waals surface area contributed by atoms with E-state index in [1.165, 1.54) is 17.0 Å². The molecule has 1 amide bonds. The smallest absolute Gasteiger partial charge is 0.447 e. The van der Waals surface area contributed by atoms with Crippen molar-refractivity contribution in [1.29, 1.82) is 0 Å². The number of hydrogen-bond donors (Lipinski definition) is 1. The molecule has 1 aromatic heterocycles. The van der Waals surface area contributed by atoms with Gasteiger partial charge >= 0.3 is 12.5 Å². The third kappa shape index (κ3) is 7.60. The number of ether oxygens (including phenoxy) is 3. The van der Waals surface area contributed by atoms with Crippen molar-refractivity contribution >= 4 is 35.1 Å². The molecule has 2 aliphatic heterocycles. The molecule has 0 bridgehead atoms. The van der Waals surface area contributed by atoms with Crippen LogP contribution >= 0.6 is 11.6 Å². The maximum Gasteiger partial charge on any atom is 0.573 e. The molecule has 9 nitrogen and oxygen atoms in total. The van der Waals surface area contributed by atoms with Gasteiger partial charge in [-0.25, -0.2) is 9.78 Å². The molecule has 40 heavy (non-hydrogen) atoms. The number of rotatable bonds is 8. The molecule has 1 aromatic carbocycles. The van der Waals surface area contributed by atoms with E-state index in [9.17, 15) is 18.0 Å². The zero-order valence-electron chi connectivity index (χ0n) is 23.2. The third-order valence-corrected chi connectivity index (χ3v) is 7.30. The normalized spacial score (nSPS) is 20.3. The zero-order valence-corrected chi connectivity index (χ0v) is 23.9. The topological polar surface area (TPSA) is 89.1 Å². The van der Waals surface area contributed by atoms with Gasteiger partial charge in [-0.1, -0.05) is 11.6 Å². The molecule has 2 aliphatic rings. The average molecular weight is 586 g/mol. The number of hydrogen-bond acceptors (Lipinski definition) is 8. The molecule has 1 N–H and O–H groups in total. The van der Waals surface area contributed by atoms with Crippen molar-refractivity contribution < 1.29 is 32.2 Å². The molecule has 0 radical (unpaired) electrons. The summed E-state index contributed by atoms with van der Waals surface area (Å²) in [6.07, 6.45) is -2.38. The van der Waals surface area contributed by atoms with Gasteiger partial charge in [0.1, 0.15) is 24.2 Å². The molecule has 3 atom stereocenters. The molecule has 2 unspecified atom stereocenters. The fourth-order valence-corrected chi connectivity index (χ4v) is 5.26. The van der Waals surface area contributed by atoms with E-state index in [4.69, 9.17) is 21.1 Å². The number of nitrogens with zero attached hydrogens (tertiary/aromatic N) is 4. The van der Waals surface area contributed by atoms with Crippen LogP contribution in [0.15, 0.2) is 30.5 Å². The predicted octanol–water partition coefficient (Wildman–Crippen LogP) is 6.27. The minimum absolute atomic E-state index is 0.0104. The van der Waals surface area contributed by atoms with Crippen LogP contribution in [0.4, 0.5) is 35.4 Å². The van der Waals surface area contributed by atoms with Gasteiger partial charge in [-0.05, 0) is 71.6 Å². The summed E-state index contributed by atoms with van der Waals surface area (Å²) in [5, 5.41) is 3.26. The zero-order chi connectivity index (χ0) is 29.2. The Kier molecular flexibility index (Phi) is 8.89. The van der Waals surface area contributed by atoms with Gasteiger partial charge in [0.05, 0.1) is 16.7 Å². The number of alkyl halides is 3. The van der Waals surface area contributed by atoms with Crippen LogP contribution in [0.25, 0.3) is 0 Å². The number of halogens is 4. The lowest BCUT2D eigenvalue weighted by atomic mass is 9.90. The highest BCUT2D eigenvalue weighted by atomic mass is 35.5. The number of cyclic esters (lactones) is 1. The van der Waals surface area contributed by atoms with Gasteiger partial charge in [-0.2, -0.15) is 4.98 Å². The van der Waals surface area contributed by atoms with Crippen LogP contribution in [-0.4, -0.2) is 65.9 Å². The minimum atomic E-state index is -4.82. The number of nitrogens with one attached hydrogen (secondary N) is 1. The first-order chi connectivity index (χ1) is 18.7. The Hall–Kier alpha value is -2.99. The van der Waals surface area contributed by atoms with Gasteiger partial charge in [-0.3, -0.25) is 4.90 Å². The van der Waals surface area contributed by atoms with Crippen molar-refractivity contribution in [2.24, 2.45) is 5.92 Å². The van der Waals surface area contributed by atoms with Crippen LogP contribution < -0.4 is 19.9 Å². The number of aromatic nitrogens is 2. The van der Waals surface area contributed by atoms with Gasteiger partial charge in [0.15, 0.2) is 0 Å². The van der Waals surface area contributed by atoms with E-state index in [0.29, 0.717) is 30.5 Å². The standard InChI is InChI=1S/C27H35ClF3N5O4/c1-16(18-9-12-35(13-10-18)19-6-7-20(28)22(14-19)40-27(29,30)31)33-24-32-11-8-23(34-24)36-21(15-38-25(36)37)17(2)39-26(3,4)5/h6-8,11,14,16-18,21H,9-10,12-13,15H2,1-5H3,(H,32,33,34)/t16?,17?,21-/m1/s1. The highest BCUT2D eigenvalue weighted by Crippen LogP contribution is 2.35. The minimum Gasteiger partial charge on any atom is -0.447 e. The first-order valence-electron chi connectivity index (χ1n) is 13.2. The van der Waals surface area contributed by atoms with E-state index in [0.717, 1.165) is 12.8 Å².